The van der Waals surface area contributed by atoms with Crippen LogP contribution in [0.15, 0.2) is 24.3 Å². The van der Waals surface area contributed by atoms with Crippen LogP contribution in [0.1, 0.15) is 39.5 Å². The van der Waals surface area contributed by atoms with E-state index >= 15 is 0 Å². The molecule has 2 aliphatic rings. The molecule has 0 aromatic carbocycles. The lowest BCUT2D eigenvalue weighted by Crippen LogP contribution is -2.52. The summed E-state index contributed by atoms with van der Waals surface area (Å²) < 4.78 is 0. The summed E-state index contributed by atoms with van der Waals surface area (Å²) in [6, 6.07) is 0. The van der Waals surface area contributed by atoms with Gasteiger partial charge in [0.15, 0.2) is 0 Å². The van der Waals surface area contributed by atoms with E-state index in [1.807, 2.05) is 19.1 Å². The maximum absolute atomic E-state index is 11.7. The quantitative estimate of drug-likeness (QED) is 0.831. The van der Waals surface area contributed by atoms with Crippen LogP contribution in [0.5, 0.6) is 0 Å². The molecule has 20 heavy (non-hydrogen) atoms. The Balaban J connectivity index is 2.47. The van der Waals surface area contributed by atoms with Crippen molar-refractivity contribution in [1.82, 2.24) is 0 Å². The van der Waals surface area contributed by atoms with Gasteiger partial charge in [0.1, 0.15) is 0 Å². The SMILES string of the molecule is C=C1C=CC2[C@](C)(CCC[C@]2(C)C(=O)O)[C@H]1CC(=O)O. The Hall–Kier alpha value is -1.58. The van der Waals surface area contributed by atoms with Crippen molar-refractivity contribution in [3.63, 3.8) is 0 Å². The smallest absolute Gasteiger partial charge is 0.309 e. The highest BCUT2D eigenvalue weighted by Gasteiger charge is 2.56. The van der Waals surface area contributed by atoms with Crippen molar-refractivity contribution in [1.29, 1.82) is 0 Å². The fourth-order valence-electron chi connectivity index (χ4n) is 4.24. The number of hydrogen-bond acceptors (Lipinski definition) is 2. The van der Waals surface area contributed by atoms with E-state index in [0.29, 0.717) is 6.42 Å². The zero-order valence-corrected chi connectivity index (χ0v) is 12.1. The zero-order valence-electron chi connectivity index (χ0n) is 12.1. The largest absolute Gasteiger partial charge is 0.481 e. The van der Waals surface area contributed by atoms with Gasteiger partial charge in [-0.25, -0.2) is 0 Å². The lowest BCUT2D eigenvalue weighted by Gasteiger charge is -2.54. The molecule has 4 atom stereocenters. The van der Waals surface area contributed by atoms with Crippen molar-refractivity contribution >= 4 is 11.9 Å². The second-order valence-electron chi connectivity index (χ2n) is 6.64. The van der Waals surface area contributed by atoms with Crippen LogP contribution in [-0.2, 0) is 9.59 Å². The number of hydrogen-bond donors (Lipinski definition) is 2. The molecule has 1 saturated carbocycles. The Morgan fingerprint density at radius 3 is 2.55 bits per heavy atom. The summed E-state index contributed by atoms with van der Waals surface area (Å²) in [6.45, 7) is 7.79. The van der Waals surface area contributed by atoms with Crippen LogP contribution >= 0.6 is 0 Å². The van der Waals surface area contributed by atoms with Crippen LogP contribution < -0.4 is 0 Å². The summed E-state index contributed by atoms with van der Waals surface area (Å²) >= 11 is 0. The summed E-state index contributed by atoms with van der Waals surface area (Å²) in [4.78, 5) is 22.9. The average molecular weight is 278 g/mol. The summed E-state index contributed by atoms with van der Waals surface area (Å²) in [6.07, 6.45) is 6.08. The third-order valence-electron chi connectivity index (χ3n) is 5.42. The predicted molar refractivity (Wildman–Crippen MR) is 75.2 cm³/mol. The minimum atomic E-state index is -0.853. The molecule has 0 amide bonds. The van der Waals surface area contributed by atoms with Crippen molar-refractivity contribution in [3.8, 4) is 0 Å². The van der Waals surface area contributed by atoms with E-state index in [1.54, 1.807) is 6.92 Å². The standard InChI is InChI=1S/C16H22O4/c1-10-5-6-12-15(2,11(10)9-13(17)18)7-4-8-16(12,3)14(19)20/h5-6,11-12H,1,4,7-9H2,2-3H3,(H,17,18)(H,19,20)/t11-,12?,15+,16-/m0/s1. The second kappa shape index (κ2) is 4.76. The minimum Gasteiger partial charge on any atom is -0.481 e. The van der Waals surface area contributed by atoms with Gasteiger partial charge in [-0.1, -0.05) is 37.6 Å². The van der Waals surface area contributed by atoms with Crippen LogP contribution in [0.2, 0.25) is 0 Å². The number of carboxylic acid groups (broad SMARTS) is 2. The van der Waals surface area contributed by atoms with E-state index in [-0.39, 0.29) is 23.7 Å². The first-order valence-electron chi connectivity index (χ1n) is 7.04. The van der Waals surface area contributed by atoms with Crippen molar-refractivity contribution in [3.05, 3.63) is 24.3 Å². The second-order valence-corrected chi connectivity index (χ2v) is 6.64. The predicted octanol–water partition coefficient (Wildman–Crippen LogP) is 3.10. The summed E-state index contributed by atoms with van der Waals surface area (Å²) in [5.74, 6) is -1.97. The number of allylic oxidation sites excluding steroid dienone is 3. The molecule has 0 heterocycles. The van der Waals surface area contributed by atoms with Gasteiger partial charge in [0.05, 0.1) is 11.8 Å². The Bertz CT molecular complexity index is 493. The van der Waals surface area contributed by atoms with Gasteiger partial charge in [0.2, 0.25) is 0 Å². The maximum atomic E-state index is 11.7. The molecule has 0 aromatic heterocycles. The number of aliphatic carboxylic acids is 2. The molecular formula is C16H22O4. The zero-order chi connectivity index (χ0) is 15.1. The van der Waals surface area contributed by atoms with Crippen molar-refractivity contribution < 1.29 is 19.8 Å². The fourth-order valence-corrected chi connectivity index (χ4v) is 4.24. The van der Waals surface area contributed by atoms with Crippen LogP contribution in [0, 0.1) is 22.7 Å². The van der Waals surface area contributed by atoms with Gasteiger partial charge in [-0.3, -0.25) is 9.59 Å². The van der Waals surface area contributed by atoms with Crippen LogP contribution in [-0.4, -0.2) is 22.2 Å². The third-order valence-corrected chi connectivity index (χ3v) is 5.42. The lowest BCUT2D eigenvalue weighted by molar-refractivity contribution is -0.159. The molecule has 2 aliphatic carbocycles. The minimum absolute atomic E-state index is 0.0197. The molecule has 0 radical (unpaired) electrons. The van der Waals surface area contributed by atoms with Crippen LogP contribution in [0.4, 0.5) is 0 Å². The Morgan fingerprint density at radius 1 is 1.35 bits per heavy atom. The highest BCUT2D eigenvalue weighted by molar-refractivity contribution is 5.76. The van der Waals surface area contributed by atoms with Gasteiger partial charge in [-0.05, 0) is 37.0 Å². The maximum Gasteiger partial charge on any atom is 0.309 e. The Morgan fingerprint density at radius 2 is 2.00 bits per heavy atom. The first kappa shape index (κ1) is 14.8. The molecule has 0 aromatic rings. The molecule has 4 heteroatoms. The normalized spacial score (nSPS) is 40.2. The highest BCUT2D eigenvalue weighted by atomic mass is 16.4. The molecule has 0 aliphatic heterocycles. The van der Waals surface area contributed by atoms with Crippen molar-refractivity contribution in [2.75, 3.05) is 0 Å². The highest BCUT2D eigenvalue weighted by Crippen LogP contribution is 2.59. The van der Waals surface area contributed by atoms with E-state index in [2.05, 4.69) is 6.58 Å². The number of carbonyl (C=O) groups is 2. The summed E-state index contributed by atoms with van der Waals surface area (Å²) in [5.41, 5.74) is -0.350. The van der Waals surface area contributed by atoms with Gasteiger partial charge >= 0.3 is 11.9 Å². The number of carboxylic acids is 2. The molecular weight excluding hydrogens is 256 g/mol. The molecule has 1 fully saturated rings. The van der Waals surface area contributed by atoms with Gasteiger partial charge < -0.3 is 10.2 Å². The Kier molecular flexibility index (Phi) is 3.53. The van der Waals surface area contributed by atoms with Crippen molar-refractivity contribution in [2.24, 2.45) is 22.7 Å². The molecule has 110 valence electrons. The number of fused-ring (bicyclic) bond motifs is 1. The topological polar surface area (TPSA) is 74.6 Å². The molecule has 0 bridgehead atoms. The summed E-state index contributed by atoms with van der Waals surface area (Å²) in [7, 11) is 0. The molecule has 0 saturated heterocycles. The van der Waals surface area contributed by atoms with Gasteiger partial charge in [-0.15, -0.1) is 0 Å². The molecule has 4 nitrogen and oxygen atoms in total. The van der Waals surface area contributed by atoms with E-state index in [0.717, 1.165) is 18.4 Å². The van der Waals surface area contributed by atoms with E-state index in [4.69, 9.17) is 5.11 Å². The van der Waals surface area contributed by atoms with E-state index in [9.17, 15) is 14.7 Å². The first-order chi connectivity index (χ1) is 9.21. The Labute approximate surface area is 119 Å². The van der Waals surface area contributed by atoms with Gasteiger partial charge in [-0.2, -0.15) is 0 Å². The van der Waals surface area contributed by atoms with E-state index in [1.165, 1.54) is 0 Å². The fraction of sp³-hybridized carbons (Fsp3) is 0.625. The van der Waals surface area contributed by atoms with Gasteiger partial charge in [0, 0.05) is 0 Å². The molecule has 1 unspecified atom stereocenters. The van der Waals surface area contributed by atoms with E-state index < -0.39 is 17.4 Å². The molecule has 2 rings (SSSR count). The molecule has 2 N–H and O–H groups in total. The summed E-state index contributed by atoms with van der Waals surface area (Å²) in [5, 5.41) is 18.8. The van der Waals surface area contributed by atoms with Crippen LogP contribution in [0.3, 0.4) is 0 Å². The monoisotopic (exact) mass is 278 g/mol. The average Bonchev–Trinajstić information content (AvgIpc) is 2.33. The number of rotatable bonds is 3. The third kappa shape index (κ3) is 2.07. The first-order valence-corrected chi connectivity index (χ1v) is 7.04. The van der Waals surface area contributed by atoms with Crippen molar-refractivity contribution in [2.45, 2.75) is 39.5 Å². The van der Waals surface area contributed by atoms with Gasteiger partial charge in [0.25, 0.3) is 0 Å². The lowest BCUT2D eigenvalue weighted by atomic mass is 9.48. The van der Waals surface area contributed by atoms with Crippen LogP contribution in [0.25, 0.3) is 0 Å². The molecule has 0 spiro atoms.